The van der Waals surface area contributed by atoms with Crippen molar-refractivity contribution in [2.75, 3.05) is 26.3 Å². The van der Waals surface area contributed by atoms with Gasteiger partial charge in [0.2, 0.25) is 10.0 Å². The largest absolute Gasteiger partial charge is 0.444 e. The summed E-state index contributed by atoms with van der Waals surface area (Å²) in [5.41, 5.74) is 0.885. The van der Waals surface area contributed by atoms with Gasteiger partial charge >= 0.3 is 6.09 Å². The number of hydrogen-bond acceptors (Lipinski definition) is 6. The smallest absolute Gasteiger partial charge is 0.407 e. The highest BCUT2D eigenvalue weighted by atomic mass is 35.5. The van der Waals surface area contributed by atoms with E-state index in [1.807, 2.05) is 30.3 Å². The first kappa shape index (κ1) is 29.1. The van der Waals surface area contributed by atoms with Crippen molar-refractivity contribution in [3.63, 3.8) is 0 Å². The lowest BCUT2D eigenvalue weighted by molar-refractivity contribution is 0.0641. The summed E-state index contributed by atoms with van der Waals surface area (Å²) in [5, 5.41) is 14.5. The molecule has 11 heteroatoms. The Hall–Kier alpha value is -1.88. The van der Waals surface area contributed by atoms with Gasteiger partial charge < -0.3 is 19.9 Å². The molecule has 3 atom stereocenters. The van der Waals surface area contributed by atoms with Gasteiger partial charge in [-0.1, -0.05) is 66.4 Å². The number of nitrogens with one attached hydrogen (secondary N) is 1. The number of alkyl carbamates (subject to hydrolysis) is 1. The molecule has 0 aromatic heterocycles. The summed E-state index contributed by atoms with van der Waals surface area (Å²) in [4.78, 5) is 12.7. The van der Waals surface area contributed by atoms with Gasteiger partial charge in [-0.05, 0) is 48.9 Å². The summed E-state index contributed by atoms with van der Waals surface area (Å²) < 4.78 is 39.5. The van der Waals surface area contributed by atoms with E-state index >= 15 is 0 Å². The Bertz CT molecular complexity index is 1170. The highest BCUT2D eigenvalue weighted by molar-refractivity contribution is 7.89. The van der Waals surface area contributed by atoms with Crippen molar-refractivity contribution < 1.29 is 27.8 Å². The van der Waals surface area contributed by atoms with E-state index < -0.39 is 28.3 Å². The molecule has 0 radical (unpaired) electrons. The molecular formula is C27H34Cl2N2O6S. The summed E-state index contributed by atoms with van der Waals surface area (Å²) in [6, 6.07) is 12.8. The normalized spacial score (nSPS) is 19.9. The Balaban J connectivity index is 1.55. The van der Waals surface area contributed by atoms with Crippen LogP contribution in [0.15, 0.2) is 53.4 Å². The zero-order valence-electron chi connectivity index (χ0n) is 21.1. The number of hydrogen-bond donors (Lipinski definition) is 2. The van der Waals surface area contributed by atoms with E-state index in [0.29, 0.717) is 26.1 Å². The molecule has 1 aliphatic carbocycles. The fraction of sp³-hybridized carbons (Fsp3) is 0.519. The third kappa shape index (κ3) is 7.83. The molecule has 1 aliphatic heterocycles. The van der Waals surface area contributed by atoms with Crippen LogP contribution in [0.25, 0.3) is 0 Å². The molecule has 1 saturated carbocycles. The third-order valence-electron chi connectivity index (χ3n) is 7.08. The van der Waals surface area contributed by atoms with Crippen LogP contribution in [-0.4, -0.2) is 68.5 Å². The van der Waals surface area contributed by atoms with Gasteiger partial charge in [0.25, 0.3) is 0 Å². The summed E-state index contributed by atoms with van der Waals surface area (Å²) in [6.45, 7) is 0.915. The van der Waals surface area contributed by atoms with Crippen LogP contribution in [0.2, 0.25) is 10.0 Å². The first-order valence-electron chi connectivity index (χ1n) is 12.9. The van der Waals surface area contributed by atoms with Crippen LogP contribution in [0, 0.1) is 5.92 Å². The van der Waals surface area contributed by atoms with Gasteiger partial charge in [-0.15, -0.1) is 0 Å². The quantitative estimate of drug-likeness (QED) is 0.398. The number of aliphatic hydroxyl groups excluding tert-OH is 1. The van der Waals surface area contributed by atoms with E-state index in [9.17, 15) is 18.3 Å². The Kier molecular flexibility index (Phi) is 10.3. The zero-order chi connectivity index (χ0) is 27.1. The molecule has 0 spiro atoms. The van der Waals surface area contributed by atoms with E-state index in [1.165, 1.54) is 22.5 Å². The van der Waals surface area contributed by atoms with E-state index in [4.69, 9.17) is 32.7 Å². The maximum Gasteiger partial charge on any atom is 0.407 e. The Labute approximate surface area is 234 Å². The highest BCUT2D eigenvalue weighted by Gasteiger charge is 2.34. The molecule has 0 bridgehead atoms. The van der Waals surface area contributed by atoms with Crippen LogP contribution in [-0.2, 0) is 25.9 Å². The van der Waals surface area contributed by atoms with Gasteiger partial charge in [-0.3, -0.25) is 0 Å². The van der Waals surface area contributed by atoms with Crippen molar-refractivity contribution in [2.24, 2.45) is 5.92 Å². The second-order valence-corrected chi connectivity index (χ2v) is 12.7. The Morgan fingerprint density at radius 3 is 2.50 bits per heavy atom. The number of rotatable bonds is 11. The number of ether oxygens (including phenoxy) is 2. The van der Waals surface area contributed by atoms with Crippen molar-refractivity contribution in [3.05, 3.63) is 64.1 Å². The van der Waals surface area contributed by atoms with Crippen LogP contribution >= 0.6 is 23.2 Å². The molecule has 1 unspecified atom stereocenters. The molecule has 38 heavy (non-hydrogen) atoms. The molecule has 2 aliphatic rings. The number of halogens is 2. The standard InChI is InChI=1S/C27H34Cl2N2O6S/c28-23-11-10-22(15-24(23)29)38(34,35)31(16-20-8-4-5-9-20)17-26(32)25(14-19-6-2-1-3-7-19)30-27(33)37-21-12-13-36-18-21/h1-3,6-7,10-11,15,20-21,25-26,32H,4-5,8-9,12-14,16-18H2,(H,30,33)/t21-,25?,26-/m0/s1. The van der Waals surface area contributed by atoms with E-state index in [2.05, 4.69) is 5.32 Å². The van der Waals surface area contributed by atoms with Crippen molar-refractivity contribution in [3.8, 4) is 0 Å². The molecular weight excluding hydrogens is 551 g/mol. The predicted molar refractivity (Wildman–Crippen MR) is 146 cm³/mol. The summed E-state index contributed by atoms with van der Waals surface area (Å²) in [6.07, 6.45) is 2.61. The Morgan fingerprint density at radius 1 is 1.11 bits per heavy atom. The summed E-state index contributed by atoms with van der Waals surface area (Å²) >= 11 is 12.2. The van der Waals surface area contributed by atoms with Crippen molar-refractivity contribution >= 4 is 39.3 Å². The maximum absolute atomic E-state index is 13.7. The van der Waals surface area contributed by atoms with Gasteiger partial charge in [-0.25, -0.2) is 13.2 Å². The molecule has 2 fully saturated rings. The number of benzene rings is 2. The molecule has 1 saturated heterocycles. The molecule has 8 nitrogen and oxygen atoms in total. The maximum atomic E-state index is 13.7. The van der Waals surface area contributed by atoms with E-state index in [0.717, 1.165) is 31.2 Å². The van der Waals surface area contributed by atoms with E-state index in [1.54, 1.807) is 0 Å². The SMILES string of the molecule is O=C(NC(Cc1ccccc1)[C@@H](O)CN(CC1CCCC1)S(=O)(=O)c1ccc(Cl)c(Cl)c1)O[C@H]1CCOC1. The first-order chi connectivity index (χ1) is 18.2. The highest BCUT2D eigenvalue weighted by Crippen LogP contribution is 2.30. The lowest BCUT2D eigenvalue weighted by Gasteiger charge is -2.31. The fourth-order valence-electron chi connectivity index (χ4n) is 4.97. The van der Waals surface area contributed by atoms with Crippen LogP contribution in [0.1, 0.15) is 37.7 Å². The summed E-state index contributed by atoms with van der Waals surface area (Å²) in [7, 11) is -4.01. The minimum Gasteiger partial charge on any atom is -0.444 e. The molecule has 208 valence electrons. The topological polar surface area (TPSA) is 105 Å². The van der Waals surface area contributed by atoms with Crippen molar-refractivity contribution in [1.82, 2.24) is 9.62 Å². The second-order valence-electron chi connectivity index (χ2n) is 9.95. The number of carbonyl (C=O) groups is 1. The van der Waals surface area contributed by atoms with Crippen LogP contribution in [0.5, 0.6) is 0 Å². The minimum absolute atomic E-state index is 0.00492. The monoisotopic (exact) mass is 584 g/mol. The molecule has 2 aromatic rings. The number of nitrogens with zero attached hydrogens (tertiary/aromatic N) is 1. The predicted octanol–water partition coefficient (Wildman–Crippen LogP) is 4.66. The van der Waals surface area contributed by atoms with Crippen molar-refractivity contribution in [1.29, 1.82) is 0 Å². The third-order valence-corrected chi connectivity index (χ3v) is 9.65. The van der Waals surface area contributed by atoms with Gasteiger partial charge in [0.1, 0.15) is 6.10 Å². The van der Waals surface area contributed by atoms with E-state index in [-0.39, 0.29) is 40.1 Å². The lowest BCUT2D eigenvalue weighted by atomic mass is 10.0. The van der Waals surface area contributed by atoms with Crippen molar-refractivity contribution in [2.45, 2.75) is 61.7 Å². The zero-order valence-corrected chi connectivity index (χ0v) is 23.4. The second kappa shape index (κ2) is 13.5. The molecule has 2 N–H and O–H groups in total. The molecule has 1 heterocycles. The number of aliphatic hydroxyl groups is 1. The number of carbonyl (C=O) groups excluding carboxylic acids is 1. The van der Waals surface area contributed by atoms with Gasteiger partial charge in [0.15, 0.2) is 0 Å². The fourth-order valence-corrected chi connectivity index (χ4v) is 6.89. The number of sulfonamides is 1. The Morgan fingerprint density at radius 2 is 1.84 bits per heavy atom. The van der Waals surface area contributed by atoms with Gasteiger partial charge in [0, 0.05) is 19.5 Å². The number of amides is 1. The average Bonchev–Trinajstić information content (AvgIpc) is 3.60. The average molecular weight is 586 g/mol. The minimum atomic E-state index is -4.01. The first-order valence-corrected chi connectivity index (χ1v) is 15.1. The van der Waals surface area contributed by atoms with Crippen LogP contribution in [0.4, 0.5) is 4.79 Å². The summed E-state index contributed by atoms with van der Waals surface area (Å²) in [5.74, 6) is 0.188. The van der Waals surface area contributed by atoms with Crippen LogP contribution < -0.4 is 5.32 Å². The van der Waals surface area contributed by atoms with Gasteiger partial charge in [-0.2, -0.15) is 4.31 Å². The van der Waals surface area contributed by atoms with Crippen LogP contribution in [0.3, 0.4) is 0 Å². The molecule has 1 amide bonds. The lowest BCUT2D eigenvalue weighted by Crippen LogP contribution is -2.51. The molecule has 2 aromatic carbocycles. The molecule has 4 rings (SSSR count). The van der Waals surface area contributed by atoms with Gasteiger partial charge in [0.05, 0.1) is 40.3 Å².